The summed E-state index contributed by atoms with van der Waals surface area (Å²) in [5, 5.41) is 0.633. The van der Waals surface area contributed by atoms with Crippen molar-refractivity contribution in [1.82, 2.24) is 14.5 Å². The van der Waals surface area contributed by atoms with Crippen LogP contribution in [0.3, 0.4) is 0 Å². The fourth-order valence-corrected chi connectivity index (χ4v) is 5.03. The van der Waals surface area contributed by atoms with Crippen molar-refractivity contribution < 1.29 is 8.78 Å². The van der Waals surface area contributed by atoms with Crippen LogP contribution in [0.2, 0.25) is 0 Å². The standard InChI is InChI=1S/C28H25F2N3OS/c29-22-9-5-19(6-10-22)26(20-7-11-23(30)12-8-20)21-13-15-32(16-14-21)17-18-33-27(34)24-3-1-2-4-25(24)31-28(33)35/h1-12H,13-18H2,(H,31,35). The molecule has 1 aliphatic rings. The molecule has 0 spiro atoms. The Hall–Kier alpha value is -3.42. The number of rotatable bonds is 5. The van der Waals surface area contributed by atoms with Crippen LogP contribution in [0, 0.1) is 16.4 Å². The topological polar surface area (TPSA) is 41.0 Å². The average molecular weight is 490 g/mol. The Kier molecular flexibility index (Phi) is 6.70. The number of nitrogens with one attached hydrogen (secondary N) is 1. The number of hydrogen-bond acceptors (Lipinski definition) is 3. The maximum atomic E-state index is 13.6. The van der Waals surface area contributed by atoms with Crippen molar-refractivity contribution in [1.29, 1.82) is 0 Å². The lowest BCUT2D eigenvalue weighted by atomic mass is 9.88. The van der Waals surface area contributed by atoms with E-state index in [1.807, 2.05) is 24.3 Å². The van der Waals surface area contributed by atoms with E-state index in [1.54, 1.807) is 28.8 Å². The number of likely N-dealkylation sites (tertiary alicyclic amines) is 1. The number of halogens is 2. The Morgan fingerprint density at radius 1 is 0.829 bits per heavy atom. The monoisotopic (exact) mass is 489 g/mol. The van der Waals surface area contributed by atoms with Crippen LogP contribution in [0.1, 0.15) is 24.0 Å². The van der Waals surface area contributed by atoms with E-state index in [0.717, 1.165) is 48.1 Å². The molecule has 7 heteroatoms. The van der Waals surface area contributed by atoms with E-state index in [4.69, 9.17) is 12.2 Å². The second-order valence-electron chi connectivity index (χ2n) is 8.77. The Morgan fingerprint density at radius 2 is 1.40 bits per heavy atom. The van der Waals surface area contributed by atoms with Crippen molar-refractivity contribution in [2.45, 2.75) is 19.4 Å². The molecule has 4 aromatic rings. The smallest absolute Gasteiger partial charge is 0.262 e. The summed E-state index contributed by atoms with van der Waals surface area (Å²) in [7, 11) is 0. The van der Waals surface area contributed by atoms with Gasteiger partial charge in [-0.05, 0) is 78.2 Å². The van der Waals surface area contributed by atoms with E-state index < -0.39 is 0 Å². The highest BCUT2D eigenvalue weighted by Crippen LogP contribution is 2.32. The largest absolute Gasteiger partial charge is 0.332 e. The molecule has 0 amide bonds. The van der Waals surface area contributed by atoms with Crippen LogP contribution >= 0.6 is 12.2 Å². The van der Waals surface area contributed by atoms with E-state index in [-0.39, 0.29) is 17.2 Å². The minimum absolute atomic E-state index is 0.0724. The van der Waals surface area contributed by atoms with Gasteiger partial charge < -0.3 is 9.88 Å². The minimum Gasteiger partial charge on any atom is -0.332 e. The molecule has 3 aromatic carbocycles. The Balaban J connectivity index is 1.35. The average Bonchev–Trinajstić information content (AvgIpc) is 2.87. The lowest BCUT2D eigenvalue weighted by molar-refractivity contribution is 0.245. The molecule has 0 aliphatic carbocycles. The van der Waals surface area contributed by atoms with Gasteiger partial charge in [0.2, 0.25) is 0 Å². The van der Waals surface area contributed by atoms with E-state index >= 15 is 0 Å². The van der Waals surface area contributed by atoms with Gasteiger partial charge in [0, 0.05) is 26.2 Å². The Morgan fingerprint density at radius 3 is 2.00 bits per heavy atom. The number of fused-ring (bicyclic) bond motifs is 1. The zero-order chi connectivity index (χ0) is 24.4. The van der Waals surface area contributed by atoms with Gasteiger partial charge in [0.25, 0.3) is 5.56 Å². The maximum Gasteiger partial charge on any atom is 0.262 e. The predicted octanol–water partition coefficient (Wildman–Crippen LogP) is 5.94. The van der Waals surface area contributed by atoms with E-state index in [2.05, 4.69) is 9.88 Å². The molecule has 4 nitrogen and oxygen atoms in total. The van der Waals surface area contributed by atoms with Crippen molar-refractivity contribution >= 4 is 28.7 Å². The Bertz CT molecular complexity index is 1450. The van der Waals surface area contributed by atoms with Crippen molar-refractivity contribution in [3.8, 4) is 0 Å². The lowest BCUT2D eigenvalue weighted by Gasteiger charge is -2.30. The van der Waals surface area contributed by atoms with Crippen LogP contribution in [-0.4, -0.2) is 34.1 Å². The minimum atomic E-state index is -0.283. The summed E-state index contributed by atoms with van der Waals surface area (Å²) in [6, 6.07) is 20.3. The van der Waals surface area contributed by atoms with E-state index in [1.165, 1.54) is 29.8 Å². The molecule has 1 saturated heterocycles. The fourth-order valence-electron chi connectivity index (χ4n) is 4.75. The van der Waals surface area contributed by atoms with Crippen LogP contribution < -0.4 is 5.56 Å². The molecule has 1 fully saturated rings. The molecule has 2 heterocycles. The van der Waals surface area contributed by atoms with Crippen LogP contribution in [0.25, 0.3) is 16.5 Å². The summed E-state index contributed by atoms with van der Waals surface area (Å²) in [4.78, 5) is 18.4. The summed E-state index contributed by atoms with van der Waals surface area (Å²) in [6.45, 7) is 2.90. The molecule has 0 bridgehead atoms. The van der Waals surface area contributed by atoms with E-state index in [9.17, 15) is 13.6 Å². The molecule has 178 valence electrons. The van der Waals surface area contributed by atoms with Gasteiger partial charge >= 0.3 is 0 Å². The van der Waals surface area contributed by atoms with Gasteiger partial charge in [-0.2, -0.15) is 0 Å². The van der Waals surface area contributed by atoms with Crippen LogP contribution in [0.5, 0.6) is 0 Å². The van der Waals surface area contributed by atoms with Gasteiger partial charge in [0.1, 0.15) is 11.6 Å². The predicted molar refractivity (Wildman–Crippen MR) is 138 cm³/mol. The molecule has 0 unspecified atom stereocenters. The number of aromatic nitrogens is 2. The molecule has 1 aliphatic heterocycles. The number of benzene rings is 3. The van der Waals surface area contributed by atoms with Crippen molar-refractivity contribution in [2.24, 2.45) is 0 Å². The third-order valence-electron chi connectivity index (χ3n) is 6.61. The van der Waals surface area contributed by atoms with Gasteiger partial charge in [0.15, 0.2) is 4.77 Å². The number of piperidine rings is 1. The molecule has 1 aromatic heterocycles. The highest BCUT2D eigenvalue weighted by atomic mass is 32.1. The zero-order valence-electron chi connectivity index (χ0n) is 19.1. The maximum absolute atomic E-state index is 13.6. The highest BCUT2D eigenvalue weighted by Gasteiger charge is 2.19. The third kappa shape index (κ3) is 5.01. The first kappa shape index (κ1) is 23.3. The molecule has 0 radical (unpaired) electrons. The first-order valence-corrected chi connectivity index (χ1v) is 12.1. The van der Waals surface area contributed by atoms with Gasteiger partial charge in [0.05, 0.1) is 10.9 Å². The number of para-hydroxylation sites is 1. The molecule has 0 atom stereocenters. The summed E-state index contributed by atoms with van der Waals surface area (Å²) >= 11 is 5.44. The van der Waals surface area contributed by atoms with Gasteiger partial charge in [-0.3, -0.25) is 9.36 Å². The zero-order valence-corrected chi connectivity index (χ0v) is 20.0. The van der Waals surface area contributed by atoms with Crippen molar-refractivity contribution in [2.75, 3.05) is 19.6 Å². The van der Waals surface area contributed by atoms with Crippen LogP contribution in [0.4, 0.5) is 8.78 Å². The van der Waals surface area contributed by atoms with E-state index in [0.29, 0.717) is 23.2 Å². The molecular formula is C28H25F2N3OS. The lowest BCUT2D eigenvalue weighted by Crippen LogP contribution is -2.36. The summed E-state index contributed by atoms with van der Waals surface area (Å²) in [5.41, 5.74) is 4.83. The number of nitrogens with zero attached hydrogens (tertiary/aromatic N) is 2. The molecular weight excluding hydrogens is 464 g/mol. The van der Waals surface area contributed by atoms with Gasteiger partial charge in [-0.25, -0.2) is 8.78 Å². The third-order valence-corrected chi connectivity index (χ3v) is 6.93. The number of aromatic amines is 1. The first-order valence-electron chi connectivity index (χ1n) is 11.7. The quantitative estimate of drug-likeness (QED) is 0.353. The van der Waals surface area contributed by atoms with Crippen molar-refractivity contribution in [3.63, 3.8) is 0 Å². The molecule has 1 N–H and O–H groups in total. The first-order chi connectivity index (χ1) is 17.0. The summed E-state index contributed by atoms with van der Waals surface area (Å²) < 4.78 is 29.2. The van der Waals surface area contributed by atoms with Gasteiger partial charge in [-0.15, -0.1) is 0 Å². The molecule has 0 saturated carbocycles. The summed E-state index contributed by atoms with van der Waals surface area (Å²) in [5.74, 6) is -0.566. The summed E-state index contributed by atoms with van der Waals surface area (Å²) in [6.07, 6.45) is 1.67. The molecule has 35 heavy (non-hydrogen) atoms. The van der Waals surface area contributed by atoms with Gasteiger partial charge in [-0.1, -0.05) is 42.0 Å². The molecule has 5 rings (SSSR count). The Labute approximate surface area is 207 Å². The normalized spacial score (nSPS) is 14.4. The number of hydrogen-bond donors (Lipinski definition) is 1. The second kappa shape index (κ2) is 10.1. The van der Waals surface area contributed by atoms with Crippen molar-refractivity contribution in [3.05, 3.63) is 116 Å². The fraction of sp³-hybridized carbons (Fsp3) is 0.214. The SMILES string of the molecule is O=c1c2ccccc2[nH]c(=S)n1CCN1CCC(=C(c2ccc(F)cc2)c2ccc(F)cc2)CC1. The number of H-pyrrole nitrogens is 1. The second-order valence-corrected chi connectivity index (χ2v) is 9.15. The van der Waals surface area contributed by atoms with Crippen LogP contribution in [-0.2, 0) is 6.54 Å². The highest BCUT2D eigenvalue weighted by molar-refractivity contribution is 7.71. The van der Waals surface area contributed by atoms with Crippen LogP contribution in [0.15, 0.2) is 83.2 Å².